The van der Waals surface area contributed by atoms with Gasteiger partial charge in [-0.1, -0.05) is 48.5 Å². The van der Waals surface area contributed by atoms with E-state index in [9.17, 15) is 9.59 Å². The maximum Gasteiger partial charge on any atom is 0.247 e. The summed E-state index contributed by atoms with van der Waals surface area (Å²) < 4.78 is 5.65. The molecule has 3 aromatic carbocycles. The molecule has 150 valence electrons. The third-order valence-electron chi connectivity index (χ3n) is 5.67. The van der Waals surface area contributed by atoms with Gasteiger partial charge in [-0.2, -0.15) is 0 Å². The molecule has 0 aliphatic carbocycles. The fourth-order valence-corrected chi connectivity index (χ4v) is 4.37. The van der Waals surface area contributed by atoms with E-state index in [2.05, 4.69) is 5.32 Å². The number of amides is 2. The molecule has 0 bridgehead atoms. The molecular weight excluding hydrogens is 378 g/mol. The maximum atomic E-state index is 13.4. The molecule has 2 atom stereocenters. The van der Waals surface area contributed by atoms with Gasteiger partial charge in [0.1, 0.15) is 18.0 Å². The molecule has 6 heteroatoms. The van der Waals surface area contributed by atoms with Gasteiger partial charge >= 0.3 is 0 Å². The largest absolute Gasteiger partial charge is 0.496 e. The number of carbonyl (C=O) groups excluding carboxylic acids is 2. The highest BCUT2D eigenvalue weighted by atomic mass is 16.5. The number of rotatable bonds is 3. The number of nitrogens with zero attached hydrogens (tertiary/aromatic N) is 2. The van der Waals surface area contributed by atoms with Gasteiger partial charge in [-0.25, -0.2) is 0 Å². The Morgan fingerprint density at radius 3 is 2.40 bits per heavy atom. The van der Waals surface area contributed by atoms with Gasteiger partial charge in [0.05, 0.1) is 24.9 Å². The van der Waals surface area contributed by atoms with Crippen molar-refractivity contribution in [3.63, 3.8) is 0 Å². The second-order valence-corrected chi connectivity index (χ2v) is 7.35. The van der Waals surface area contributed by atoms with E-state index in [0.717, 1.165) is 22.6 Å². The Balaban J connectivity index is 1.76. The van der Waals surface area contributed by atoms with Crippen LogP contribution in [0.5, 0.6) is 5.75 Å². The molecule has 5 rings (SSSR count). The zero-order valence-electron chi connectivity index (χ0n) is 16.5. The van der Waals surface area contributed by atoms with Crippen LogP contribution in [0.4, 0.5) is 17.1 Å². The highest BCUT2D eigenvalue weighted by Gasteiger charge is 2.48. The van der Waals surface area contributed by atoms with Crippen LogP contribution in [0.15, 0.2) is 78.9 Å². The fourth-order valence-electron chi connectivity index (χ4n) is 4.37. The Morgan fingerprint density at radius 2 is 1.60 bits per heavy atom. The van der Waals surface area contributed by atoms with Crippen molar-refractivity contribution in [3.05, 3.63) is 84.4 Å². The molecule has 1 N–H and O–H groups in total. The highest BCUT2D eigenvalue weighted by molar-refractivity contribution is 6.09. The summed E-state index contributed by atoms with van der Waals surface area (Å²) in [5.41, 5.74) is 3.22. The minimum Gasteiger partial charge on any atom is -0.496 e. The van der Waals surface area contributed by atoms with Gasteiger partial charge in [-0.3, -0.25) is 14.5 Å². The van der Waals surface area contributed by atoms with E-state index >= 15 is 0 Å². The number of hydrogen-bond acceptors (Lipinski definition) is 4. The first kappa shape index (κ1) is 18.2. The van der Waals surface area contributed by atoms with Gasteiger partial charge in [0.2, 0.25) is 11.8 Å². The van der Waals surface area contributed by atoms with Crippen molar-refractivity contribution in [3.8, 4) is 5.75 Å². The van der Waals surface area contributed by atoms with Crippen molar-refractivity contribution < 1.29 is 14.3 Å². The molecule has 6 nitrogen and oxygen atoms in total. The SMILES string of the molecule is COc1ccccc1C1N(c2ccccc2)C(=O)CC2C(=O)Nc3ccccc3N21. The van der Waals surface area contributed by atoms with E-state index in [1.807, 2.05) is 83.8 Å². The van der Waals surface area contributed by atoms with Crippen LogP contribution in [0.3, 0.4) is 0 Å². The molecule has 1 fully saturated rings. The van der Waals surface area contributed by atoms with Gasteiger partial charge in [0.25, 0.3) is 0 Å². The van der Waals surface area contributed by atoms with Crippen molar-refractivity contribution in [1.82, 2.24) is 0 Å². The number of benzene rings is 3. The molecule has 0 spiro atoms. The van der Waals surface area contributed by atoms with Crippen LogP contribution >= 0.6 is 0 Å². The van der Waals surface area contributed by atoms with Crippen LogP contribution < -0.4 is 19.9 Å². The minimum atomic E-state index is -0.595. The van der Waals surface area contributed by atoms with Gasteiger partial charge in [0.15, 0.2) is 0 Å². The quantitative estimate of drug-likeness (QED) is 0.724. The number of hydrogen-bond donors (Lipinski definition) is 1. The van der Waals surface area contributed by atoms with Crippen LogP contribution in [0.25, 0.3) is 0 Å². The third kappa shape index (κ3) is 2.80. The summed E-state index contributed by atoms with van der Waals surface area (Å²) in [4.78, 5) is 30.1. The summed E-state index contributed by atoms with van der Waals surface area (Å²) >= 11 is 0. The number of ether oxygens (including phenoxy) is 1. The van der Waals surface area contributed by atoms with E-state index in [4.69, 9.17) is 4.74 Å². The Kier molecular flexibility index (Phi) is 4.39. The van der Waals surface area contributed by atoms with Gasteiger partial charge in [-0.15, -0.1) is 0 Å². The second kappa shape index (κ2) is 7.22. The standard InChI is InChI=1S/C24H21N3O3/c1-30-21-14-8-5-11-17(21)24-26(16-9-3-2-4-10-16)22(28)15-20-23(29)25-18-12-6-7-13-19(18)27(20)24/h2-14,20,24H,15H2,1H3,(H,25,29). The molecule has 2 aliphatic rings. The molecular formula is C24H21N3O3. The summed E-state index contributed by atoms with van der Waals surface area (Å²) in [6.45, 7) is 0. The average Bonchev–Trinajstić information content (AvgIpc) is 2.79. The Hall–Kier alpha value is -3.80. The molecule has 0 radical (unpaired) electrons. The zero-order valence-corrected chi connectivity index (χ0v) is 16.5. The smallest absolute Gasteiger partial charge is 0.247 e. The number of carbonyl (C=O) groups is 2. The van der Waals surface area contributed by atoms with Crippen LogP contribution in [0.2, 0.25) is 0 Å². The third-order valence-corrected chi connectivity index (χ3v) is 5.67. The molecule has 3 aromatic rings. The number of fused-ring (bicyclic) bond motifs is 3. The summed E-state index contributed by atoms with van der Waals surface area (Å²) in [6, 6.07) is 24.3. The summed E-state index contributed by atoms with van der Waals surface area (Å²) in [7, 11) is 1.62. The number of methoxy groups -OCH3 is 1. The summed E-state index contributed by atoms with van der Waals surface area (Å²) in [6.07, 6.45) is -0.428. The predicted octanol–water partition coefficient (Wildman–Crippen LogP) is 3.96. The number of anilines is 3. The van der Waals surface area contributed by atoms with Crippen LogP contribution in [-0.4, -0.2) is 25.0 Å². The Labute approximate surface area is 174 Å². The Morgan fingerprint density at radius 1 is 0.900 bits per heavy atom. The molecule has 2 unspecified atom stereocenters. The summed E-state index contributed by atoms with van der Waals surface area (Å²) in [5.74, 6) is 0.392. The van der Waals surface area contributed by atoms with E-state index in [-0.39, 0.29) is 18.2 Å². The molecule has 1 saturated heterocycles. The maximum absolute atomic E-state index is 13.4. The lowest BCUT2D eigenvalue weighted by molar-refractivity contribution is -0.126. The molecule has 30 heavy (non-hydrogen) atoms. The first-order valence-corrected chi connectivity index (χ1v) is 9.87. The Bertz CT molecular complexity index is 1120. The highest BCUT2D eigenvalue weighted by Crippen LogP contribution is 2.46. The van der Waals surface area contributed by atoms with Crippen molar-refractivity contribution in [2.24, 2.45) is 0 Å². The number of nitrogens with one attached hydrogen (secondary N) is 1. The van der Waals surface area contributed by atoms with E-state index in [1.54, 1.807) is 12.0 Å². The lowest BCUT2D eigenvalue weighted by Crippen LogP contribution is -2.61. The first-order valence-electron chi connectivity index (χ1n) is 9.87. The molecule has 0 aromatic heterocycles. The second-order valence-electron chi connectivity index (χ2n) is 7.35. The van der Waals surface area contributed by atoms with Crippen molar-refractivity contribution >= 4 is 28.9 Å². The molecule has 2 aliphatic heterocycles. The molecule has 0 saturated carbocycles. The zero-order chi connectivity index (χ0) is 20.7. The molecule has 2 heterocycles. The topological polar surface area (TPSA) is 61.9 Å². The summed E-state index contributed by atoms with van der Waals surface area (Å²) in [5, 5.41) is 2.95. The van der Waals surface area contributed by atoms with Gasteiger partial charge in [0, 0.05) is 11.3 Å². The lowest BCUT2D eigenvalue weighted by Gasteiger charge is -2.51. The van der Waals surface area contributed by atoms with Gasteiger partial charge < -0.3 is 15.0 Å². The molecule has 2 amide bonds. The number of para-hydroxylation sites is 4. The average molecular weight is 399 g/mol. The fraction of sp³-hybridized carbons (Fsp3) is 0.167. The predicted molar refractivity (Wildman–Crippen MR) is 116 cm³/mol. The first-order chi connectivity index (χ1) is 14.7. The van der Waals surface area contributed by atoms with Crippen LogP contribution in [0.1, 0.15) is 18.2 Å². The minimum absolute atomic E-state index is 0.0979. The monoisotopic (exact) mass is 399 g/mol. The lowest BCUT2D eigenvalue weighted by atomic mass is 9.95. The normalized spacial score (nSPS) is 20.3. The van der Waals surface area contributed by atoms with Crippen molar-refractivity contribution in [1.29, 1.82) is 0 Å². The van der Waals surface area contributed by atoms with Crippen molar-refractivity contribution in [2.75, 3.05) is 22.2 Å². The van der Waals surface area contributed by atoms with Crippen molar-refractivity contribution in [2.45, 2.75) is 18.6 Å². The van der Waals surface area contributed by atoms with Crippen LogP contribution in [-0.2, 0) is 9.59 Å². The van der Waals surface area contributed by atoms with E-state index in [1.165, 1.54) is 0 Å². The van der Waals surface area contributed by atoms with Gasteiger partial charge in [-0.05, 0) is 30.3 Å². The van der Waals surface area contributed by atoms with Crippen LogP contribution in [0, 0.1) is 0 Å². The van der Waals surface area contributed by atoms with E-state index < -0.39 is 12.2 Å². The van der Waals surface area contributed by atoms with E-state index in [0.29, 0.717) is 5.75 Å².